The van der Waals surface area contributed by atoms with E-state index in [2.05, 4.69) is 23.7 Å². The Balaban J connectivity index is 1.69. The van der Waals surface area contributed by atoms with E-state index in [-0.39, 0.29) is 17.4 Å². The van der Waals surface area contributed by atoms with E-state index in [9.17, 15) is 9.59 Å². The fourth-order valence-corrected chi connectivity index (χ4v) is 3.48. The van der Waals surface area contributed by atoms with Gasteiger partial charge < -0.3 is 18.9 Å². The molecule has 1 saturated heterocycles. The van der Waals surface area contributed by atoms with E-state index in [0.29, 0.717) is 50.4 Å². The second kappa shape index (κ2) is 12.4. The smallest absolute Gasteiger partial charge is 0.338 e. The quantitative estimate of drug-likeness (QED) is 0.421. The summed E-state index contributed by atoms with van der Waals surface area (Å²) in [5.41, 5.74) is 2.25. The highest BCUT2D eigenvalue weighted by atomic mass is 16.7. The highest BCUT2D eigenvalue weighted by Crippen LogP contribution is 2.35. The molecule has 2 aromatic carbocycles. The summed E-state index contributed by atoms with van der Waals surface area (Å²) in [5, 5.41) is 0. The zero-order chi connectivity index (χ0) is 26.0. The van der Waals surface area contributed by atoms with Crippen molar-refractivity contribution in [3.8, 4) is 23.7 Å². The Labute approximate surface area is 213 Å². The molecule has 0 spiro atoms. The molecule has 0 N–H and O–H groups in total. The maximum atomic E-state index is 11.8. The van der Waals surface area contributed by atoms with Crippen LogP contribution in [0.4, 0.5) is 0 Å². The Bertz CT molecular complexity index is 1080. The zero-order valence-corrected chi connectivity index (χ0v) is 21.3. The van der Waals surface area contributed by atoms with Crippen LogP contribution in [0, 0.1) is 29.1 Å². The van der Waals surface area contributed by atoms with Crippen molar-refractivity contribution in [2.45, 2.75) is 46.3 Å². The lowest BCUT2D eigenvalue weighted by molar-refractivity contribution is -0.283. The van der Waals surface area contributed by atoms with Crippen molar-refractivity contribution in [1.82, 2.24) is 0 Å². The molecule has 0 aromatic heterocycles. The van der Waals surface area contributed by atoms with Crippen LogP contribution in [0.2, 0.25) is 0 Å². The maximum absolute atomic E-state index is 11.8. The average molecular weight is 489 g/mol. The Hall–Kier alpha value is -3.58. The molecule has 1 aliphatic rings. The molecule has 1 heterocycles. The summed E-state index contributed by atoms with van der Waals surface area (Å²) in [5.74, 6) is 11.5. The Morgan fingerprint density at radius 1 is 0.750 bits per heavy atom. The summed E-state index contributed by atoms with van der Waals surface area (Å²) in [6.45, 7) is 8.98. The van der Waals surface area contributed by atoms with Gasteiger partial charge in [0.05, 0.1) is 37.6 Å². The van der Waals surface area contributed by atoms with Gasteiger partial charge in [-0.1, -0.05) is 23.7 Å². The normalized spacial score (nSPS) is 15.4. The minimum Gasteiger partial charge on any atom is -0.462 e. The van der Waals surface area contributed by atoms with Crippen molar-refractivity contribution in [1.29, 1.82) is 0 Å². The molecule has 3 rings (SSSR count). The average Bonchev–Trinajstić information content (AvgIpc) is 2.87. The van der Waals surface area contributed by atoms with Crippen LogP contribution in [0.3, 0.4) is 0 Å². The number of hydrogen-bond donors (Lipinski definition) is 0. The summed E-state index contributed by atoms with van der Waals surface area (Å²) in [4.78, 5) is 23.7. The molecule has 0 saturated carbocycles. The summed E-state index contributed by atoms with van der Waals surface area (Å²) in [6, 6.07) is 14.1. The highest BCUT2D eigenvalue weighted by Gasteiger charge is 2.39. The predicted molar refractivity (Wildman–Crippen MR) is 136 cm³/mol. The molecule has 2 aromatic rings. The van der Waals surface area contributed by atoms with Gasteiger partial charge in [-0.05, 0) is 76.2 Å². The van der Waals surface area contributed by atoms with E-state index < -0.39 is 5.79 Å². The SMILES string of the molecule is CCOC(=O)c1ccc(C#CCC2(CC#Cc3ccc(C(=O)OCC)cc3)COC(C)(C)OC2)cc1. The van der Waals surface area contributed by atoms with Gasteiger partial charge in [0.15, 0.2) is 5.79 Å². The highest BCUT2D eigenvalue weighted by molar-refractivity contribution is 5.90. The van der Waals surface area contributed by atoms with Crippen LogP contribution in [0.15, 0.2) is 48.5 Å². The Morgan fingerprint density at radius 3 is 1.50 bits per heavy atom. The van der Waals surface area contributed by atoms with Crippen LogP contribution < -0.4 is 0 Å². The largest absolute Gasteiger partial charge is 0.462 e. The summed E-state index contributed by atoms with van der Waals surface area (Å²) >= 11 is 0. The molecule has 0 amide bonds. The van der Waals surface area contributed by atoms with Gasteiger partial charge in [-0.25, -0.2) is 9.59 Å². The van der Waals surface area contributed by atoms with Crippen LogP contribution in [0.25, 0.3) is 0 Å². The molecule has 0 bridgehead atoms. The number of hydrogen-bond acceptors (Lipinski definition) is 6. The minimum absolute atomic E-state index is 0.339. The maximum Gasteiger partial charge on any atom is 0.338 e. The van der Waals surface area contributed by atoms with Crippen LogP contribution in [-0.4, -0.2) is 44.2 Å². The molecule has 1 fully saturated rings. The Morgan fingerprint density at radius 2 is 1.14 bits per heavy atom. The van der Waals surface area contributed by atoms with Crippen LogP contribution in [0.1, 0.15) is 72.4 Å². The third-order valence-electron chi connectivity index (χ3n) is 5.64. The fraction of sp³-hybridized carbons (Fsp3) is 0.400. The molecule has 1 aliphatic heterocycles. The van der Waals surface area contributed by atoms with Gasteiger partial charge >= 0.3 is 11.9 Å². The first-order valence-electron chi connectivity index (χ1n) is 12.1. The molecule has 0 atom stereocenters. The topological polar surface area (TPSA) is 71.1 Å². The van der Waals surface area contributed by atoms with Gasteiger partial charge in [0.25, 0.3) is 0 Å². The second-order valence-corrected chi connectivity index (χ2v) is 9.03. The number of carbonyl (C=O) groups excluding carboxylic acids is 2. The predicted octanol–water partition coefficient (Wildman–Crippen LogP) is 4.99. The first kappa shape index (κ1) is 27.0. The van der Waals surface area contributed by atoms with Gasteiger partial charge in [-0.3, -0.25) is 0 Å². The molecule has 0 unspecified atom stereocenters. The fourth-order valence-electron chi connectivity index (χ4n) is 3.48. The first-order chi connectivity index (χ1) is 17.3. The first-order valence-corrected chi connectivity index (χ1v) is 12.1. The van der Waals surface area contributed by atoms with Crippen LogP contribution in [-0.2, 0) is 18.9 Å². The van der Waals surface area contributed by atoms with Crippen molar-refractivity contribution in [3.63, 3.8) is 0 Å². The third kappa shape index (κ3) is 7.71. The van der Waals surface area contributed by atoms with Crippen molar-refractivity contribution in [3.05, 3.63) is 70.8 Å². The van der Waals surface area contributed by atoms with Crippen molar-refractivity contribution >= 4 is 11.9 Å². The summed E-state index contributed by atoms with van der Waals surface area (Å²) < 4.78 is 21.9. The minimum atomic E-state index is -0.643. The van der Waals surface area contributed by atoms with Gasteiger partial charge in [0.2, 0.25) is 0 Å². The molecule has 6 heteroatoms. The second-order valence-electron chi connectivity index (χ2n) is 9.03. The summed E-state index contributed by atoms with van der Waals surface area (Å²) in [6.07, 6.45) is 1.08. The van der Waals surface area contributed by atoms with Crippen molar-refractivity contribution in [2.24, 2.45) is 5.41 Å². The number of benzene rings is 2. The van der Waals surface area contributed by atoms with E-state index in [1.54, 1.807) is 38.1 Å². The van der Waals surface area contributed by atoms with Gasteiger partial charge in [-0.2, -0.15) is 0 Å². The van der Waals surface area contributed by atoms with Gasteiger partial charge in [-0.15, -0.1) is 0 Å². The van der Waals surface area contributed by atoms with E-state index in [4.69, 9.17) is 18.9 Å². The lowest BCUT2D eigenvalue weighted by Gasteiger charge is -2.41. The monoisotopic (exact) mass is 488 g/mol. The van der Waals surface area contributed by atoms with Crippen LogP contribution in [0.5, 0.6) is 0 Å². The molecule has 6 nitrogen and oxygen atoms in total. The lowest BCUT2D eigenvalue weighted by atomic mass is 9.82. The van der Waals surface area contributed by atoms with Gasteiger partial charge in [0.1, 0.15) is 0 Å². The van der Waals surface area contributed by atoms with Crippen molar-refractivity contribution < 1.29 is 28.5 Å². The van der Waals surface area contributed by atoms with E-state index in [1.165, 1.54) is 0 Å². The number of ether oxygens (including phenoxy) is 4. The molecule has 36 heavy (non-hydrogen) atoms. The van der Waals surface area contributed by atoms with Crippen LogP contribution >= 0.6 is 0 Å². The third-order valence-corrected chi connectivity index (χ3v) is 5.64. The lowest BCUT2D eigenvalue weighted by Crippen LogP contribution is -2.46. The molecular formula is C30H32O6. The zero-order valence-electron chi connectivity index (χ0n) is 21.3. The number of esters is 2. The van der Waals surface area contributed by atoms with Crippen molar-refractivity contribution in [2.75, 3.05) is 26.4 Å². The molecular weight excluding hydrogens is 456 g/mol. The van der Waals surface area contributed by atoms with E-state index in [0.717, 1.165) is 11.1 Å². The van der Waals surface area contributed by atoms with Gasteiger partial charge in [0, 0.05) is 29.4 Å². The summed E-state index contributed by atoms with van der Waals surface area (Å²) in [7, 11) is 0. The molecule has 0 radical (unpaired) electrons. The van der Waals surface area contributed by atoms with E-state index >= 15 is 0 Å². The number of rotatable bonds is 6. The molecule has 188 valence electrons. The standard InChI is InChI=1S/C30H32O6/c1-5-33-27(31)25-15-11-23(12-16-25)9-7-19-30(21-35-29(3,4)36-22-30)20-8-10-24-13-17-26(18-14-24)28(32)34-6-2/h11-18H,5-6,19-22H2,1-4H3. The van der Waals surface area contributed by atoms with E-state index in [1.807, 2.05) is 38.1 Å². The Kier molecular flexibility index (Phi) is 9.31. The molecule has 0 aliphatic carbocycles. The number of carbonyl (C=O) groups is 2.